The van der Waals surface area contributed by atoms with Gasteiger partial charge in [-0.3, -0.25) is 4.99 Å². The fourth-order valence-electron chi connectivity index (χ4n) is 3.68. The van der Waals surface area contributed by atoms with E-state index in [-0.39, 0.29) is 6.04 Å². The molecule has 8 nitrogen and oxygen atoms in total. The van der Waals surface area contributed by atoms with E-state index in [1.54, 1.807) is 17.7 Å². The molecule has 1 aromatic carbocycles. The molecule has 1 atom stereocenters. The minimum Gasteiger partial charge on any atom is -0.497 e. The molecule has 1 aliphatic rings. The van der Waals surface area contributed by atoms with Crippen molar-refractivity contribution in [1.29, 1.82) is 0 Å². The number of methoxy groups -OCH3 is 1. The van der Waals surface area contributed by atoms with E-state index in [2.05, 4.69) is 15.6 Å². The van der Waals surface area contributed by atoms with E-state index in [1.807, 2.05) is 36.4 Å². The number of furan rings is 1. The Balaban J connectivity index is 1.56. The summed E-state index contributed by atoms with van der Waals surface area (Å²) in [4.78, 5) is 4.68. The summed E-state index contributed by atoms with van der Waals surface area (Å²) in [5, 5.41) is 6.69. The molecule has 1 aromatic heterocycles. The molecule has 31 heavy (non-hydrogen) atoms. The molecule has 3 rings (SSSR count). The zero-order valence-electron chi connectivity index (χ0n) is 18.2. The Hall–Kier alpha value is -2.52. The first-order valence-corrected chi connectivity index (χ1v) is 12.4. The van der Waals surface area contributed by atoms with Gasteiger partial charge in [-0.1, -0.05) is 12.1 Å². The molecule has 0 unspecified atom stereocenters. The standard InChI is InChI=1S/C22H32N4O4S/c1-29-20-9-7-18(8-10-20)11-13-23-22(24-14-12-21-6-4-16-30-21)25-17-19-5-3-15-26(19)31(2,27)28/h4,6-10,16,19H,3,5,11-15,17H2,1-2H3,(H2,23,24,25)/t19-/m1/s1. The van der Waals surface area contributed by atoms with Crippen LogP contribution in [-0.2, 0) is 22.9 Å². The lowest BCUT2D eigenvalue weighted by molar-refractivity contribution is 0.396. The molecule has 9 heteroatoms. The third-order valence-corrected chi connectivity index (χ3v) is 6.65. The van der Waals surface area contributed by atoms with Crippen LogP contribution in [0.3, 0.4) is 0 Å². The van der Waals surface area contributed by atoms with Crippen molar-refractivity contribution in [3.8, 4) is 5.75 Å². The second kappa shape index (κ2) is 11.2. The van der Waals surface area contributed by atoms with Crippen LogP contribution in [0.5, 0.6) is 5.75 Å². The Kier molecular flexibility index (Phi) is 8.36. The summed E-state index contributed by atoms with van der Waals surface area (Å²) < 4.78 is 36.1. The predicted molar refractivity (Wildman–Crippen MR) is 122 cm³/mol. The van der Waals surface area contributed by atoms with Crippen molar-refractivity contribution < 1.29 is 17.6 Å². The van der Waals surface area contributed by atoms with Gasteiger partial charge in [0.15, 0.2) is 5.96 Å². The molecule has 0 bridgehead atoms. The molecule has 1 aliphatic heterocycles. The highest BCUT2D eigenvalue weighted by atomic mass is 32.2. The Labute approximate surface area is 184 Å². The van der Waals surface area contributed by atoms with Gasteiger partial charge in [0.1, 0.15) is 11.5 Å². The van der Waals surface area contributed by atoms with Crippen molar-refractivity contribution in [2.45, 2.75) is 31.7 Å². The molecule has 0 radical (unpaired) electrons. The normalized spacial score (nSPS) is 17.6. The largest absolute Gasteiger partial charge is 0.497 e. The quantitative estimate of drug-likeness (QED) is 0.427. The average Bonchev–Trinajstić information content (AvgIpc) is 3.44. The highest BCUT2D eigenvalue weighted by molar-refractivity contribution is 7.88. The van der Waals surface area contributed by atoms with Crippen molar-refractivity contribution in [1.82, 2.24) is 14.9 Å². The van der Waals surface area contributed by atoms with Gasteiger partial charge in [-0.05, 0) is 49.1 Å². The molecule has 1 fully saturated rings. The molecular weight excluding hydrogens is 416 g/mol. The van der Waals surface area contributed by atoms with Gasteiger partial charge in [0, 0.05) is 32.1 Å². The number of hydrogen-bond acceptors (Lipinski definition) is 5. The van der Waals surface area contributed by atoms with Crippen LogP contribution in [0, 0.1) is 0 Å². The van der Waals surface area contributed by atoms with E-state index in [4.69, 9.17) is 9.15 Å². The van der Waals surface area contributed by atoms with Crippen molar-refractivity contribution in [3.05, 3.63) is 54.0 Å². The fraction of sp³-hybridized carbons (Fsp3) is 0.500. The van der Waals surface area contributed by atoms with E-state index in [1.165, 1.54) is 11.8 Å². The van der Waals surface area contributed by atoms with Crippen molar-refractivity contribution in [2.24, 2.45) is 4.99 Å². The molecule has 1 saturated heterocycles. The van der Waals surface area contributed by atoms with Crippen LogP contribution < -0.4 is 15.4 Å². The topological polar surface area (TPSA) is 96.2 Å². The second-order valence-electron chi connectivity index (χ2n) is 7.64. The number of sulfonamides is 1. The Morgan fingerprint density at radius 2 is 1.94 bits per heavy atom. The van der Waals surface area contributed by atoms with Gasteiger partial charge in [0.2, 0.25) is 10.0 Å². The first-order chi connectivity index (χ1) is 15.0. The smallest absolute Gasteiger partial charge is 0.211 e. The molecule has 2 heterocycles. The van der Waals surface area contributed by atoms with Crippen molar-refractivity contribution in [2.75, 3.05) is 39.5 Å². The van der Waals surface area contributed by atoms with Gasteiger partial charge in [-0.2, -0.15) is 4.31 Å². The van der Waals surface area contributed by atoms with Crippen LogP contribution in [0.1, 0.15) is 24.2 Å². The second-order valence-corrected chi connectivity index (χ2v) is 9.58. The summed E-state index contributed by atoms with van der Waals surface area (Å²) in [6, 6.07) is 11.7. The maximum atomic E-state index is 12.0. The number of nitrogens with one attached hydrogen (secondary N) is 2. The summed E-state index contributed by atoms with van der Waals surface area (Å²) >= 11 is 0. The summed E-state index contributed by atoms with van der Waals surface area (Å²) in [5.74, 6) is 2.43. The molecule has 0 aliphatic carbocycles. The van der Waals surface area contributed by atoms with Gasteiger partial charge < -0.3 is 19.8 Å². The molecule has 2 aromatic rings. The summed E-state index contributed by atoms with van der Waals surface area (Å²) in [7, 11) is -1.55. The number of hydrogen-bond donors (Lipinski definition) is 2. The van der Waals surface area contributed by atoms with E-state index < -0.39 is 10.0 Å². The highest BCUT2D eigenvalue weighted by Gasteiger charge is 2.31. The fourth-order valence-corrected chi connectivity index (χ4v) is 4.85. The average molecular weight is 449 g/mol. The SMILES string of the molecule is COc1ccc(CCNC(=NC[C@H]2CCCN2S(C)(=O)=O)NCCc2ccco2)cc1. The minimum absolute atomic E-state index is 0.0831. The summed E-state index contributed by atoms with van der Waals surface area (Å²) in [6.45, 7) is 2.39. The van der Waals surface area contributed by atoms with Crippen LogP contribution >= 0.6 is 0 Å². The summed E-state index contributed by atoms with van der Waals surface area (Å²) in [5.41, 5.74) is 1.20. The molecule has 0 amide bonds. The van der Waals surface area contributed by atoms with Crippen LogP contribution in [0.2, 0.25) is 0 Å². The van der Waals surface area contributed by atoms with E-state index in [0.717, 1.165) is 37.2 Å². The number of ether oxygens (including phenoxy) is 1. The molecule has 0 spiro atoms. The Morgan fingerprint density at radius 3 is 2.58 bits per heavy atom. The zero-order valence-corrected chi connectivity index (χ0v) is 19.0. The zero-order chi connectivity index (χ0) is 22.1. The minimum atomic E-state index is -3.20. The third kappa shape index (κ3) is 7.29. The van der Waals surface area contributed by atoms with Gasteiger partial charge in [-0.15, -0.1) is 0 Å². The molecule has 2 N–H and O–H groups in total. The number of guanidine groups is 1. The molecule has 170 valence electrons. The number of rotatable bonds is 10. The van der Waals surface area contributed by atoms with Gasteiger partial charge in [0.25, 0.3) is 0 Å². The van der Waals surface area contributed by atoms with E-state index in [9.17, 15) is 8.42 Å². The van der Waals surface area contributed by atoms with Crippen LogP contribution in [0.25, 0.3) is 0 Å². The van der Waals surface area contributed by atoms with E-state index in [0.29, 0.717) is 32.1 Å². The number of aliphatic imine (C=N–C) groups is 1. The summed E-state index contributed by atoms with van der Waals surface area (Å²) in [6.07, 6.45) is 6.22. The van der Waals surface area contributed by atoms with Crippen molar-refractivity contribution >= 4 is 16.0 Å². The van der Waals surface area contributed by atoms with Gasteiger partial charge in [-0.25, -0.2) is 8.42 Å². The highest BCUT2D eigenvalue weighted by Crippen LogP contribution is 2.20. The lowest BCUT2D eigenvalue weighted by Gasteiger charge is -2.21. The van der Waals surface area contributed by atoms with Crippen molar-refractivity contribution in [3.63, 3.8) is 0 Å². The number of nitrogens with zero attached hydrogens (tertiary/aromatic N) is 2. The lowest BCUT2D eigenvalue weighted by atomic mass is 10.1. The van der Waals surface area contributed by atoms with E-state index >= 15 is 0 Å². The Morgan fingerprint density at radius 1 is 1.19 bits per heavy atom. The predicted octanol–water partition coefficient (Wildman–Crippen LogP) is 2.03. The number of benzene rings is 1. The maximum Gasteiger partial charge on any atom is 0.211 e. The monoisotopic (exact) mass is 448 g/mol. The van der Waals surface area contributed by atoms with Crippen LogP contribution in [0.15, 0.2) is 52.1 Å². The lowest BCUT2D eigenvalue weighted by Crippen LogP contribution is -2.41. The van der Waals surface area contributed by atoms with Crippen LogP contribution in [-0.4, -0.2) is 64.3 Å². The first-order valence-electron chi connectivity index (χ1n) is 10.6. The van der Waals surface area contributed by atoms with Gasteiger partial charge in [0.05, 0.1) is 26.2 Å². The molecular formula is C22H32N4O4S. The maximum absolute atomic E-state index is 12.0. The van der Waals surface area contributed by atoms with Gasteiger partial charge >= 0.3 is 0 Å². The van der Waals surface area contributed by atoms with Crippen LogP contribution in [0.4, 0.5) is 0 Å². The Bertz CT molecular complexity index is 927. The molecule has 0 saturated carbocycles. The first kappa shape index (κ1) is 23.1. The third-order valence-electron chi connectivity index (χ3n) is 5.32.